The summed E-state index contributed by atoms with van der Waals surface area (Å²) >= 11 is 0. The smallest absolute Gasteiger partial charge is 0.151 e. The van der Waals surface area contributed by atoms with Crippen molar-refractivity contribution in [3.63, 3.8) is 0 Å². The zero-order chi connectivity index (χ0) is 7.49. The van der Waals surface area contributed by atoms with Gasteiger partial charge in [-0.15, -0.1) is 0 Å². The summed E-state index contributed by atoms with van der Waals surface area (Å²) in [5.74, 6) is -0.0486. The van der Waals surface area contributed by atoms with Crippen molar-refractivity contribution in [2.24, 2.45) is 0 Å². The zero-order valence-corrected chi connectivity index (χ0v) is 6.06. The van der Waals surface area contributed by atoms with Gasteiger partial charge in [-0.25, -0.2) is 0 Å². The second kappa shape index (κ2) is 2.94. The summed E-state index contributed by atoms with van der Waals surface area (Å²) in [5.41, 5.74) is -0.750. The van der Waals surface area contributed by atoms with Gasteiger partial charge in [-0.2, -0.15) is 0 Å². The van der Waals surface area contributed by atoms with Crippen molar-refractivity contribution >= 4 is 5.78 Å². The first kappa shape index (κ1) is 8.59. The lowest BCUT2D eigenvalue weighted by Crippen LogP contribution is -2.49. The standard InChI is InChI=1S/C6H13NO2/c1-5(9)6(2,4-8)7-3/h7-8H,4H2,1-3H3/t6-/m0/s1. The van der Waals surface area contributed by atoms with Gasteiger partial charge in [-0.3, -0.25) is 4.79 Å². The first-order chi connectivity index (χ1) is 4.06. The molecule has 3 heteroatoms. The van der Waals surface area contributed by atoms with E-state index in [1.54, 1.807) is 14.0 Å². The molecule has 0 aliphatic rings. The fourth-order valence-electron chi connectivity index (χ4n) is 0.366. The van der Waals surface area contributed by atoms with Gasteiger partial charge in [0.25, 0.3) is 0 Å². The van der Waals surface area contributed by atoms with Crippen molar-refractivity contribution in [3.8, 4) is 0 Å². The van der Waals surface area contributed by atoms with Crippen LogP contribution in [-0.4, -0.2) is 30.1 Å². The summed E-state index contributed by atoms with van der Waals surface area (Å²) in [7, 11) is 1.65. The van der Waals surface area contributed by atoms with E-state index in [0.717, 1.165) is 0 Å². The number of likely N-dealkylation sites (N-methyl/N-ethyl adjacent to an activating group) is 1. The number of nitrogens with one attached hydrogen (secondary N) is 1. The van der Waals surface area contributed by atoms with Crippen molar-refractivity contribution in [3.05, 3.63) is 0 Å². The van der Waals surface area contributed by atoms with Crippen LogP contribution in [0, 0.1) is 0 Å². The highest BCUT2D eigenvalue weighted by atomic mass is 16.3. The molecule has 0 aliphatic heterocycles. The Morgan fingerprint density at radius 1 is 1.78 bits per heavy atom. The van der Waals surface area contributed by atoms with E-state index >= 15 is 0 Å². The Morgan fingerprint density at radius 2 is 2.22 bits per heavy atom. The number of Topliss-reactive ketones (excluding diaryl/α,β-unsaturated/α-hetero) is 1. The van der Waals surface area contributed by atoms with Crippen molar-refractivity contribution in [1.29, 1.82) is 0 Å². The molecule has 0 amide bonds. The molecule has 0 bridgehead atoms. The molecule has 0 unspecified atom stereocenters. The summed E-state index contributed by atoms with van der Waals surface area (Å²) in [6.07, 6.45) is 0. The van der Waals surface area contributed by atoms with Gasteiger partial charge in [0, 0.05) is 0 Å². The SMILES string of the molecule is CN[C@@](C)(CO)C(C)=O. The number of hydrogen-bond donors (Lipinski definition) is 2. The molecule has 9 heavy (non-hydrogen) atoms. The van der Waals surface area contributed by atoms with Crippen LogP contribution in [0.15, 0.2) is 0 Å². The monoisotopic (exact) mass is 131 g/mol. The van der Waals surface area contributed by atoms with Crippen molar-refractivity contribution in [2.75, 3.05) is 13.7 Å². The Hall–Kier alpha value is -0.410. The fourth-order valence-corrected chi connectivity index (χ4v) is 0.366. The molecule has 3 nitrogen and oxygen atoms in total. The minimum Gasteiger partial charge on any atom is -0.394 e. The first-order valence-corrected chi connectivity index (χ1v) is 2.87. The predicted molar refractivity (Wildman–Crippen MR) is 35.2 cm³/mol. The lowest BCUT2D eigenvalue weighted by atomic mass is 10.00. The van der Waals surface area contributed by atoms with E-state index in [1.807, 2.05) is 0 Å². The highest BCUT2D eigenvalue weighted by Gasteiger charge is 2.25. The van der Waals surface area contributed by atoms with Crippen LogP contribution < -0.4 is 5.32 Å². The molecule has 1 atom stereocenters. The van der Waals surface area contributed by atoms with Gasteiger partial charge < -0.3 is 10.4 Å². The molecule has 0 saturated heterocycles. The number of aliphatic hydroxyl groups is 1. The molecule has 0 saturated carbocycles. The zero-order valence-electron chi connectivity index (χ0n) is 6.06. The molecule has 0 aliphatic carbocycles. The van der Waals surface area contributed by atoms with Crippen LogP contribution in [0.1, 0.15) is 13.8 Å². The van der Waals surface area contributed by atoms with Gasteiger partial charge in [-0.05, 0) is 20.9 Å². The molecule has 0 spiro atoms. The van der Waals surface area contributed by atoms with Crippen LogP contribution in [0.4, 0.5) is 0 Å². The van der Waals surface area contributed by atoms with Crippen LogP contribution in [0.25, 0.3) is 0 Å². The Kier molecular flexibility index (Phi) is 2.81. The van der Waals surface area contributed by atoms with Gasteiger partial charge in [0.2, 0.25) is 0 Å². The first-order valence-electron chi connectivity index (χ1n) is 2.87. The van der Waals surface area contributed by atoms with Crippen molar-refractivity contribution in [1.82, 2.24) is 5.32 Å². The third-order valence-corrected chi connectivity index (χ3v) is 1.65. The van der Waals surface area contributed by atoms with E-state index in [1.165, 1.54) is 6.92 Å². The maximum absolute atomic E-state index is 10.7. The number of ketones is 1. The lowest BCUT2D eigenvalue weighted by molar-refractivity contribution is -0.123. The van der Waals surface area contributed by atoms with Gasteiger partial charge in [0.1, 0.15) is 0 Å². The molecule has 0 heterocycles. The Morgan fingerprint density at radius 3 is 2.22 bits per heavy atom. The Bertz CT molecular complexity index is 108. The summed E-state index contributed by atoms with van der Waals surface area (Å²) in [5, 5.41) is 11.4. The second-order valence-corrected chi connectivity index (χ2v) is 2.30. The second-order valence-electron chi connectivity index (χ2n) is 2.30. The van der Waals surface area contributed by atoms with Crippen LogP contribution >= 0.6 is 0 Å². The van der Waals surface area contributed by atoms with Crippen molar-refractivity contribution < 1.29 is 9.90 Å². The summed E-state index contributed by atoms with van der Waals surface area (Å²) in [4.78, 5) is 10.7. The minimum atomic E-state index is -0.750. The van der Waals surface area contributed by atoms with E-state index in [0.29, 0.717) is 0 Å². The van der Waals surface area contributed by atoms with E-state index in [4.69, 9.17) is 5.11 Å². The molecule has 54 valence electrons. The molecule has 0 aromatic heterocycles. The number of rotatable bonds is 3. The molecular formula is C6H13NO2. The summed E-state index contributed by atoms with van der Waals surface area (Å²) in [6, 6.07) is 0. The van der Waals surface area contributed by atoms with Gasteiger partial charge in [-0.1, -0.05) is 0 Å². The number of hydrogen-bond acceptors (Lipinski definition) is 3. The number of carbonyl (C=O) groups is 1. The van der Waals surface area contributed by atoms with E-state index < -0.39 is 5.54 Å². The molecular weight excluding hydrogens is 118 g/mol. The molecule has 0 aromatic carbocycles. The largest absolute Gasteiger partial charge is 0.394 e. The lowest BCUT2D eigenvalue weighted by Gasteiger charge is -2.22. The molecule has 0 radical (unpaired) electrons. The van der Waals surface area contributed by atoms with E-state index in [9.17, 15) is 4.79 Å². The third kappa shape index (κ3) is 1.77. The van der Waals surface area contributed by atoms with Gasteiger partial charge >= 0.3 is 0 Å². The summed E-state index contributed by atoms with van der Waals surface area (Å²) < 4.78 is 0. The average molecular weight is 131 g/mol. The van der Waals surface area contributed by atoms with E-state index in [2.05, 4.69) is 5.32 Å². The highest BCUT2D eigenvalue weighted by molar-refractivity contribution is 5.85. The number of aliphatic hydroxyl groups excluding tert-OH is 1. The van der Waals surface area contributed by atoms with Crippen LogP contribution in [-0.2, 0) is 4.79 Å². The maximum atomic E-state index is 10.7. The maximum Gasteiger partial charge on any atom is 0.151 e. The van der Waals surface area contributed by atoms with Gasteiger partial charge in [0.15, 0.2) is 5.78 Å². The fraction of sp³-hybridized carbons (Fsp3) is 0.833. The van der Waals surface area contributed by atoms with Crippen LogP contribution in [0.5, 0.6) is 0 Å². The van der Waals surface area contributed by atoms with Crippen LogP contribution in [0.3, 0.4) is 0 Å². The molecule has 2 N–H and O–H groups in total. The van der Waals surface area contributed by atoms with E-state index in [-0.39, 0.29) is 12.4 Å². The molecule has 0 fully saturated rings. The van der Waals surface area contributed by atoms with Crippen molar-refractivity contribution in [2.45, 2.75) is 19.4 Å². The highest BCUT2D eigenvalue weighted by Crippen LogP contribution is 2.01. The Balaban J connectivity index is 4.09. The third-order valence-electron chi connectivity index (χ3n) is 1.65. The average Bonchev–Trinajstić information content (AvgIpc) is 1.86. The minimum absolute atomic E-state index is 0.0486. The normalized spacial score (nSPS) is 16.9. The number of carbonyl (C=O) groups excluding carboxylic acids is 1. The Labute approximate surface area is 55.1 Å². The predicted octanol–water partition coefficient (Wildman–Crippen LogP) is -0.454. The van der Waals surface area contributed by atoms with Crippen LogP contribution in [0.2, 0.25) is 0 Å². The molecule has 0 rings (SSSR count). The summed E-state index contributed by atoms with van der Waals surface area (Å²) in [6.45, 7) is 2.96. The van der Waals surface area contributed by atoms with Gasteiger partial charge in [0.05, 0.1) is 12.1 Å². The quantitative estimate of drug-likeness (QED) is 0.545. The topological polar surface area (TPSA) is 49.3 Å². The molecule has 0 aromatic rings.